The summed E-state index contributed by atoms with van der Waals surface area (Å²) in [6.07, 6.45) is 1.04. The van der Waals surface area contributed by atoms with Crippen LogP contribution >= 0.6 is 11.6 Å². The molecule has 148 valence electrons. The minimum absolute atomic E-state index is 0.161. The number of carbonyl (C=O) groups excluding carboxylic acids is 2. The SMILES string of the molecule is O=C(COC(=O)c1cc(Cl)c2c(c1)OCCCO2)NCCc1ccccc1F. The van der Waals surface area contributed by atoms with Crippen LogP contribution in [0, 0.1) is 5.82 Å². The van der Waals surface area contributed by atoms with Crippen LogP contribution in [0.15, 0.2) is 36.4 Å². The van der Waals surface area contributed by atoms with E-state index in [0.717, 1.165) is 0 Å². The van der Waals surface area contributed by atoms with Gasteiger partial charge in [0.1, 0.15) is 5.82 Å². The molecule has 0 saturated heterocycles. The Hall–Kier alpha value is -2.80. The largest absolute Gasteiger partial charge is 0.489 e. The highest BCUT2D eigenvalue weighted by atomic mass is 35.5. The number of ether oxygens (including phenoxy) is 3. The zero-order valence-corrected chi connectivity index (χ0v) is 15.8. The maximum atomic E-state index is 13.5. The van der Waals surface area contributed by atoms with Crippen molar-refractivity contribution in [1.82, 2.24) is 5.32 Å². The van der Waals surface area contributed by atoms with Crippen molar-refractivity contribution in [3.05, 3.63) is 58.4 Å². The maximum absolute atomic E-state index is 13.5. The van der Waals surface area contributed by atoms with Gasteiger partial charge in [-0.25, -0.2) is 9.18 Å². The molecule has 1 N–H and O–H groups in total. The number of carbonyl (C=O) groups is 2. The van der Waals surface area contributed by atoms with Crippen LogP contribution in [0.25, 0.3) is 0 Å². The summed E-state index contributed by atoms with van der Waals surface area (Å²) in [5, 5.41) is 2.82. The average Bonchev–Trinajstić information content (AvgIpc) is 2.93. The minimum atomic E-state index is -0.707. The highest BCUT2D eigenvalue weighted by molar-refractivity contribution is 6.32. The Morgan fingerprint density at radius 1 is 1.18 bits per heavy atom. The van der Waals surface area contributed by atoms with Crippen LogP contribution in [-0.4, -0.2) is 38.2 Å². The number of halogens is 2. The Labute approximate surface area is 166 Å². The third-order valence-corrected chi connectivity index (χ3v) is 4.33. The molecule has 0 radical (unpaired) electrons. The fourth-order valence-electron chi connectivity index (χ4n) is 2.65. The van der Waals surface area contributed by atoms with Gasteiger partial charge >= 0.3 is 5.97 Å². The topological polar surface area (TPSA) is 73.9 Å². The summed E-state index contributed by atoms with van der Waals surface area (Å²) < 4.78 is 29.6. The van der Waals surface area contributed by atoms with E-state index < -0.39 is 18.5 Å². The molecule has 0 fully saturated rings. The number of hydrogen-bond donors (Lipinski definition) is 1. The van der Waals surface area contributed by atoms with Crippen LogP contribution < -0.4 is 14.8 Å². The summed E-state index contributed by atoms with van der Waals surface area (Å²) in [7, 11) is 0. The van der Waals surface area contributed by atoms with Crippen molar-refractivity contribution >= 4 is 23.5 Å². The van der Waals surface area contributed by atoms with Crippen molar-refractivity contribution < 1.29 is 28.2 Å². The molecule has 6 nitrogen and oxygen atoms in total. The first-order chi connectivity index (χ1) is 13.5. The first kappa shape index (κ1) is 19.9. The minimum Gasteiger partial charge on any atom is -0.489 e. The van der Waals surface area contributed by atoms with E-state index in [2.05, 4.69) is 5.32 Å². The van der Waals surface area contributed by atoms with Gasteiger partial charge in [0.15, 0.2) is 18.1 Å². The zero-order valence-electron chi connectivity index (χ0n) is 15.0. The van der Waals surface area contributed by atoms with Gasteiger partial charge in [-0.3, -0.25) is 4.79 Å². The van der Waals surface area contributed by atoms with E-state index in [1.165, 1.54) is 18.2 Å². The Morgan fingerprint density at radius 3 is 2.79 bits per heavy atom. The first-order valence-electron chi connectivity index (χ1n) is 8.81. The molecule has 0 atom stereocenters. The zero-order chi connectivity index (χ0) is 19.9. The molecule has 0 saturated carbocycles. The summed E-state index contributed by atoms with van der Waals surface area (Å²) in [6, 6.07) is 9.22. The van der Waals surface area contributed by atoms with Crippen molar-refractivity contribution in [3.63, 3.8) is 0 Å². The molecule has 3 rings (SSSR count). The molecule has 28 heavy (non-hydrogen) atoms. The number of esters is 1. The second-order valence-electron chi connectivity index (χ2n) is 6.10. The molecule has 8 heteroatoms. The lowest BCUT2D eigenvalue weighted by atomic mass is 10.1. The van der Waals surface area contributed by atoms with Crippen molar-refractivity contribution in [2.75, 3.05) is 26.4 Å². The summed E-state index contributed by atoms with van der Waals surface area (Å²) in [5.41, 5.74) is 0.662. The molecule has 0 bridgehead atoms. The predicted octanol–water partition coefficient (Wildman–Crippen LogP) is 3.16. The Morgan fingerprint density at radius 2 is 1.96 bits per heavy atom. The molecular weight excluding hydrogens is 389 g/mol. The van der Waals surface area contributed by atoms with Crippen molar-refractivity contribution in [2.24, 2.45) is 0 Å². The van der Waals surface area contributed by atoms with E-state index in [-0.39, 0.29) is 22.9 Å². The second-order valence-corrected chi connectivity index (χ2v) is 6.51. The van der Waals surface area contributed by atoms with Gasteiger partial charge in [0.05, 0.1) is 23.8 Å². The standard InChI is InChI=1S/C20H19ClFNO5/c21-15-10-14(11-17-19(15)27-9-3-8-26-17)20(25)28-12-18(24)23-7-6-13-4-1-2-5-16(13)22/h1-2,4-5,10-11H,3,6-9,12H2,(H,23,24). The summed E-state index contributed by atoms with van der Waals surface area (Å²) >= 11 is 6.14. The van der Waals surface area contributed by atoms with Gasteiger partial charge in [0.2, 0.25) is 0 Å². The fraction of sp³-hybridized carbons (Fsp3) is 0.300. The molecule has 0 aliphatic carbocycles. The summed E-state index contributed by atoms with van der Waals surface area (Å²) in [4.78, 5) is 24.1. The molecule has 1 aliphatic rings. The smallest absolute Gasteiger partial charge is 0.338 e. The van der Waals surface area contributed by atoms with Crippen molar-refractivity contribution in [3.8, 4) is 11.5 Å². The fourth-order valence-corrected chi connectivity index (χ4v) is 2.92. The number of fused-ring (bicyclic) bond motifs is 1. The molecule has 2 aromatic rings. The highest BCUT2D eigenvalue weighted by Gasteiger charge is 2.19. The Bertz CT molecular complexity index is 874. The number of rotatable bonds is 6. The van der Waals surface area contributed by atoms with E-state index in [1.54, 1.807) is 18.2 Å². The van der Waals surface area contributed by atoms with Crippen LogP contribution in [0.3, 0.4) is 0 Å². The van der Waals surface area contributed by atoms with E-state index >= 15 is 0 Å². The van der Waals surface area contributed by atoms with Gasteiger partial charge in [-0.05, 0) is 30.2 Å². The normalized spacial score (nSPS) is 12.8. The van der Waals surface area contributed by atoms with Crippen LogP contribution in [0.4, 0.5) is 4.39 Å². The Kier molecular flexibility index (Phi) is 6.71. The van der Waals surface area contributed by atoms with Crippen LogP contribution in [0.2, 0.25) is 5.02 Å². The molecule has 1 heterocycles. The third-order valence-electron chi connectivity index (χ3n) is 4.05. The van der Waals surface area contributed by atoms with E-state index in [9.17, 15) is 14.0 Å². The van der Waals surface area contributed by atoms with Crippen LogP contribution in [0.1, 0.15) is 22.3 Å². The molecule has 2 aromatic carbocycles. The lowest BCUT2D eigenvalue weighted by Crippen LogP contribution is -2.30. The van der Waals surface area contributed by atoms with Gasteiger partial charge in [0, 0.05) is 13.0 Å². The van der Waals surface area contributed by atoms with Gasteiger partial charge < -0.3 is 19.5 Å². The van der Waals surface area contributed by atoms with Crippen molar-refractivity contribution in [1.29, 1.82) is 0 Å². The van der Waals surface area contributed by atoms with Crippen LogP contribution in [0.5, 0.6) is 11.5 Å². The molecule has 0 unspecified atom stereocenters. The Balaban J connectivity index is 1.50. The van der Waals surface area contributed by atoms with E-state index in [0.29, 0.717) is 43.1 Å². The second kappa shape index (κ2) is 9.41. The van der Waals surface area contributed by atoms with Gasteiger partial charge in [-0.2, -0.15) is 0 Å². The average molecular weight is 408 g/mol. The maximum Gasteiger partial charge on any atom is 0.338 e. The quantitative estimate of drug-likeness (QED) is 0.744. The molecule has 0 aromatic heterocycles. The van der Waals surface area contributed by atoms with Crippen LogP contribution in [-0.2, 0) is 16.0 Å². The highest BCUT2D eigenvalue weighted by Crippen LogP contribution is 2.38. The molecule has 1 amide bonds. The molecular formula is C20H19ClFNO5. The molecule has 1 aliphatic heterocycles. The predicted molar refractivity (Wildman–Crippen MR) is 100 cm³/mol. The number of nitrogens with one attached hydrogen (secondary N) is 1. The van der Waals surface area contributed by atoms with Gasteiger partial charge in [-0.1, -0.05) is 29.8 Å². The number of hydrogen-bond acceptors (Lipinski definition) is 5. The lowest BCUT2D eigenvalue weighted by Gasteiger charge is -2.11. The van der Waals surface area contributed by atoms with Gasteiger partial charge in [0.25, 0.3) is 5.91 Å². The summed E-state index contributed by atoms with van der Waals surface area (Å²) in [5.74, 6) is -0.755. The van der Waals surface area contributed by atoms with E-state index in [1.807, 2.05) is 0 Å². The molecule has 0 spiro atoms. The lowest BCUT2D eigenvalue weighted by molar-refractivity contribution is -0.124. The number of benzene rings is 2. The van der Waals surface area contributed by atoms with Gasteiger partial charge in [-0.15, -0.1) is 0 Å². The monoisotopic (exact) mass is 407 g/mol. The first-order valence-corrected chi connectivity index (χ1v) is 9.19. The summed E-state index contributed by atoms with van der Waals surface area (Å²) in [6.45, 7) is 0.700. The third kappa shape index (κ3) is 5.13. The van der Waals surface area contributed by atoms with Crippen molar-refractivity contribution in [2.45, 2.75) is 12.8 Å². The number of amides is 1. The van der Waals surface area contributed by atoms with E-state index in [4.69, 9.17) is 25.8 Å².